The Balaban J connectivity index is 2.36. The Labute approximate surface area is 108 Å². The second kappa shape index (κ2) is 7.38. The molecule has 2 nitrogen and oxygen atoms in total. The van der Waals surface area contributed by atoms with Gasteiger partial charge in [0, 0.05) is 12.1 Å². The highest BCUT2D eigenvalue weighted by Crippen LogP contribution is 2.24. The minimum absolute atomic E-state index is 0.719. The zero-order chi connectivity index (χ0) is 12.8. The van der Waals surface area contributed by atoms with Crippen LogP contribution < -0.4 is 5.73 Å². The topological polar surface area (TPSA) is 29.3 Å². The van der Waals surface area contributed by atoms with E-state index >= 15 is 0 Å². The van der Waals surface area contributed by atoms with Crippen LogP contribution in [0.15, 0.2) is 0 Å². The Hall–Kier alpha value is -0.0800. The summed E-state index contributed by atoms with van der Waals surface area (Å²) in [4.78, 5) is 2.70. The van der Waals surface area contributed by atoms with Gasteiger partial charge in [-0.25, -0.2) is 0 Å². The second-order valence-corrected chi connectivity index (χ2v) is 6.39. The van der Waals surface area contributed by atoms with Gasteiger partial charge in [-0.3, -0.25) is 4.90 Å². The minimum Gasteiger partial charge on any atom is -0.330 e. The predicted molar refractivity (Wildman–Crippen MR) is 76.1 cm³/mol. The summed E-state index contributed by atoms with van der Waals surface area (Å²) in [6, 6.07) is 1.55. The summed E-state index contributed by atoms with van der Waals surface area (Å²) in [5.74, 6) is 1.50. The fourth-order valence-electron chi connectivity index (χ4n) is 3.25. The molecular formula is C15H32N2. The van der Waals surface area contributed by atoms with Crippen LogP contribution in [0.2, 0.25) is 0 Å². The van der Waals surface area contributed by atoms with E-state index in [-0.39, 0.29) is 0 Å². The normalized spacial score (nSPS) is 28.6. The maximum atomic E-state index is 5.89. The van der Waals surface area contributed by atoms with Crippen molar-refractivity contribution < 1.29 is 0 Å². The SMILES string of the molecule is CC(C)CC(CN)CCN1[C@H](C)CCC[C@@H]1C. The van der Waals surface area contributed by atoms with E-state index in [0.717, 1.165) is 30.5 Å². The van der Waals surface area contributed by atoms with Gasteiger partial charge < -0.3 is 5.73 Å². The molecule has 1 aliphatic heterocycles. The maximum Gasteiger partial charge on any atom is 0.00697 e. The first-order valence-corrected chi connectivity index (χ1v) is 7.50. The number of likely N-dealkylation sites (tertiary alicyclic amines) is 1. The van der Waals surface area contributed by atoms with E-state index in [1.807, 2.05) is 0 Å². The highest BCUT2D eigenvalue weighted by Gasteiger charge is 2.24. The van der Waals surface area contributed by atoms with Gasteiger partial charge in [0.05, 0.1) is 0 Å². The molecular weight excluding hydrogens is 208 g/mol. The Morgan fingerprint density at radius 3 is 2.24 bits per heavy atom. The van der Waals surface area contributed by atoms with Crippen molar-refractivity contribution in [2.24, 2.45) is 17.6 Å². The van der Waals surface area contributed by atoms with Crippen LogP contribution in [-0.4, -0.2) is 30.1 Å². The van der Waals surface area contributed by atoms with Crippen LogP contribution in [0.4, 0.5) is 0 Å². The molecule has 0 aromatic carbocycles. The van der Waals surface area contributed by atoms with Gasteiger partial charge in [-0.2, -0.15) is 0 Å². The van der Waals surface area contributed by atoms with Crippen molar-refractivity contribution >= 4 is 0 Å². The minimum atomic E-state index is 0.719. The van der Waals surface area contributed by atoms with Crippen molar-refractivity contribution in [2.45, 2.75) is 71.9 Å². The molecule has 1 unspecified atom stereocenters. The second-order valence-electron chi connectivity index (χ2n) is 6.39. The average molecular weight is 240 g/mol. The average Bonchev–Trinajstić information content (AvgIpc) is 2.26. The lowest BCUT2D eigenvalue weighted by atomic mass is 9.92. The van der Waals surface area contributed by atoms with Crippen LogP contribution >= 0.6 is 0 Å². The van der Waals surface area contributed by atoms with E-state index in [0.29, 0.717) is 0 Å². The standard InChI is InChI=1S/C15H32N2/c1-12(2)10-15(11-16)8-9-17-13(3)6-5-7-14(17)4/h12-15H,5-11,16H2,1-4H3/t13-,14+,15?. The first-order chi connectivity index (χ1) is 8.04. The maximum absolute atomic E-state index is 5.89. The molecule has 1 aliphatic rings. The van der Waals surface area contributed by atoms with Crippen LogP contribution in [0.25, 0.3) is 0 Å². The highest BCUT2D eigenvalue weighted by atomic mass is 15.2. The van der Waals surface area contributed by atoms with Gasteiger partial charge in [-0.05, 0) is 64.5 Å². The van der Waals surface area contributed by atoms with Crippen molar-refractivity contribution in [3.8, 4) is 0 Å². The van der Waals surface area contributed by atoms with E-state index in [1.54, 1.807) is 0 Å². The van der Waals surface area contributed by atoms with Crippen LogP contribution in [0.5, 0.6) is 0 Å². The highest BCUT2D eigenvalue weighted by molar-refractivity contribution is 4.80. The van der Waals surface area contributed by atoms with Crippen molar-refractivity contribution in [1.29, 1.82) is 0 Å². The molecule has 0 aromatic rings. The number of hydrogen-bond donors (Lipinski definition) is 1. The molecule has 0 radical (unpaired) electrons. The quantitative estimate of drug-likeness (QED) is 0.772. The lowest BCUT2D eigenvalue weighted by Crippen LogP contribution is -2.44. The number of hydrogen-bond acceptors (Lipinski definition) is 2. The Kier molecular flexibility index (Phi) is 6.50. The largest absolute Gasteiger partial charge is 0.330 e. The molecule has 2 N–H and O–H groups in total. The lowest BCUT2D eigenvalue weighted by molar-refractivity contribution is 0.0948. The van der Waals surface area contributed by atoms with Gasteiger partial charge in [0.1, 0.15) is 0 Å². The molecule has 3 atom stereocenters. The van der Waals surface area contributed by atoms with Crippen molar-refractivity contribution in [3.05, 3.63) is 0 Å². The smallest absolute Gasteiger partial charge is 0.00697 e. The van der Waals surface area contributed by atoms with E-state index in [1.165, 1.54) is 38.6 Å². The van der Waals surface area contributed by atoms with Gasteiger partial charge in [0.2, 0.25) is 0 Å². The van der Waals surface area contributed by atoms with Gasteiger partial charge in [0.15, 0.2) is 0 Å². The fourth-order valence-corrected chi connectivity index (χ4v) is 3.25. The van der Waals surface area contributed by atoms with E-state index in [9.17, 15) is 0 Å². The van der Waals surface area contributed by atoms with Crippen molar-refractivity contribution in [1.82, 2.24) is 4.90 Å². The van der Waals surface area contributed by atoms with Crippen LogP contribution in [-0.2, 0) is 0 Å². The van der Waals surface area contributed by atoms with Crippen molar-refractivity contribution in [2.75, 3.05) is 13.1 Å². The first kappa shape index (κ1) is 15.0. The summed E-state index contributed by atoms with van der Waals surface area (Å²) >= 11 is 0. The van der Waals surface area contributed by atoms with Crippen LogP contribution in [0.1, 0.15) is 59.8 Å². The van der Waals surface area contributed by atoms with Gasteiger partial charge in [0.25, 0.3) is 0 Å². The molecule has 1 fully saturated rings. The molecule has 17 heavy (non-hydrogen) atoms. The summed E-state index contributed by atoms with van der Waals surface area (Å²) < 4.78 is 0. The number of rotatable bonds is 6. The van der Waals surface area contributed by atoms with Gasteiger partial charge >= 0.3 is 0 Å². The summed E-state index contributed by atoms with van der Waals surface area (Å²) in [5, 5.41) is 0. The summed E-state index contributed by atoms with van der Waals surface area (Å²) in [7, 11) is 0. The Bertz CT molecular complexity index is 193. The molecule has 1 rings (SSSR count). The zero-order valence-electron chi connectivity index (χ0n) is 12.3. The van der Waals surface area contributed by atoms with Crippen LogP contribution in [0.3, 0.4) is 0 Å². The predicted octanol–water partition coefficient (Wildman–Crippen LogP) is 3.26. The zero-order valence-corrected chi connectivity index (χ0v) is 12.3. The molecule has 0 bridgehead atoms. The third-order valence-corrected chi connectivity index (χ3v) is 4.31. The van der Waals surface area contributed by atoms with Gasteiger partial charge in [-0.15, -0.1) is 0 Å². The molecule has 102 valence electrons. The fraction of sp³-hybridized carbons (Fsp3) is 1.00. The number of nitrogens with zero attached hydrogens (tertiary/aromatic N) is 1. The Morgan fingerprint density at radius 2 is 1.76 bits per heavy atom. The van der Waals surface area contributed by atoms with E-state index in [2.05, 4.69) is 32.6 Å². The first-order valence-electron chi connectivity index (χ1n) is 7.50. The molecule has 1 saturated heterocycles. The van der Waals surface area contributed by atoms with Crippen molar-refractivity contribution in [3.63, 3.8) is 0 Å². The molecule has 2 heteroatoms. The summed E-state index contributed by atoms with van der Waals surface area (Å²) in [5.41, 5.74) is 5.89. The van der Waals surface area contributed by atoms with E-state index < -0.39 is 0 Å². The molecule has 1 heterocycles. The van der Waals surface area contributed by atoms with Crippen LogP contribution in [0, 0.1) is 11.8 Å². The Morgan fingerprint density at radius 1 is 1.18 bits per heavy atom. The molecule has 0 aliphatic carbocycles. The third-order valence-electron chi connectivity index (χ3n) is 4.31. The molecule has 0 spiro atoms. The monoisotopic (exact) mass is 240 g/mol. The molecule has 0 saturated carbocycles. The summed E-state index contributed by atoms with van der Waals surface area (Å²) in [6.45, 7) is 11.5. The molecule has 0 amide bonds. The number of piperidine rings is 1. The third kappa shape index (κ3) is 4.97. The summed E-state index contributed by atoms with van der Waals surface area (Å²) in [6.07, 6.45) is 6.73. The lowest BCUT2D eigenvalue weighted by Gasteiger charge is -2.39. The van der Waals surface area contributed by atoms with Gasteiger partial charge in [-0.1, -0.05) is 20.3 Å². The number of nitrogens with two attached hydrogens (primary N) is 1. The molecule has 0 aromatic heterocycles. The van der Waals surface area contributed by atoms with E-state index in [4.69, 9.17) is 5.73 Å².